The van der Waals surface area contributed by atoms with E-state index in [0.29, 0.717) is 36.8 Å². The smallest absolute Gasteiger partial charge is 0.243 e. The highest BCUT2D eigenvalue weighted by Gasteiger charge is 2.30. The van der Waals surface area contributed by atoms with Gasteiger partial charge in [0.05, 0.1) is 4.90 Å². The van der Waals surface area contributed by atoms with Crippen molar-refractivity contribution in [1.82, 2.24) is 14.5 Å². The molecule has 1 fully saturated rings. The fourth-order valence-corrected chi connectivity index (χ4v) is 4.26. The minimum atomic E-state index is -3.52. The second-order valence-corrected chi connectivity index (χ2v) is 7.61. The number of benzene rings is 1. The Morgan fingerprint density at radius 1 is 1.17 bits per heavy atom. The standard InChI is InChI=1S/C15H16ClN3O3S/c16-12-3-1-4-14(11-12)23(20,21)19-9-6-13(7-10-19)22-15-5-2-8-17-18-15/h1-5,8,11,13H,6-7,9-10H2. The lowest BCUT2D eigenvalue weighted by atomic mass is 10.1. The first-order chi connectivity index (χ1) is 11.1. The summed E-state index contributed by atoms with van der Waals surface area (Å²) < 4.78 is 32.4. The quantitative estimate of drug-likeness (QED) is 0.843. The van der Waals surface area contributed by atoms with Crippen LogP contribution in [-0.4, -0.2) is 42.1 Å². The molecule has 6 nitrogen and oxygen atoms in total. The van der Waals surface area contributed by atoms with Gasteiger partial charge in [-0.25, -0.2) is 8.42 Å². The third-order valence-corrected chi connectivity index (χ3v) is 5.80. The molecule has 8 heteroatoms. The molecule has 23 heavy (non-hydrogen) atoms. The normalized spacial score (nSPS) is 17.1. The van der Waals surface area contributed by atoms with Crippen molar-refractivity contribution in [2.75, 3.05) is 13.1 Å². The minimum Gasteiger partial charge on any atom is -0.473 e. The molecule has 1 aliphatic heterocycles. The van der Waals surface area contributed by atoms with E-state index in [1.54, 1.807) is 36.5 Å². The molecule has 1 aromatic heterocycles. The summed E-state index contributed by atoms with van der Waals surface area (Å²) in [7, 11) is -3.52. The lowest BCUT2D eigenvalue weighted by Gasteiger charge is -2.31. The summed E-state index contributed by atoms with van der Waals surface area (Å²) >= 11 is 5.89. The molecule has 2 aromatic rings. The van der Waals surface area contributed by atoms with Crippen LogP contribution in [0, 0.1) is 0 Å². The largest absolute Gasteiger partial charge is 0.473 e. The number of aromatic nitrogens is 2. The van der Waals surface area contributed by atoms with Gasteiger partial charge in [-0.05, 0) is 37.1 Å². The number of nitrogens with zero attached hydrogens (tertiary/aromatic N) is 3. The molecule has 0 atom stereocenters. The summed E-state index contributed by atoms with van der Waals surface area (Å²) in [5.74, 6) is 0.462. The Kier molecular flexibility index (Phi) is 4.79. The van der Waals surface area contributed by atoms with E-state index in [2.05, 4.69) is 10.2 Å². The zero-order chi connectivity index (χ0) is 16.3. The Morgan fingerprint density at radius 3 is 2.61 bits per heavy atom. The Balaban J connectivity index is 1.64. The molecule has 0 N–H and O–H groups in total. The van der Waals surface area contributed by atoms with Crippen LogP contribution < -0.4 is 4.74 Å². The van der Waals surface area contributed by atoms with Crippen LogP contribution in [0.15, 0.2) is 47.5 Å². The van der Waals surface area contributed by atoms with Crippen LogP contribution in [0.3, 0.4) is 0 Å². The predicted molar refractivity (Wildman–Crippen MR) is 85.9 cm³/mol. The highest BCUT2D eigenvalue weighted by molar-refractivity contribution is 7.89. The second kappa shape index (κ2) is 6.82. The molecule has 0 aliphatic carbocycles. The van der Waals surface area contributed by atoms with Gasteiger partial charge in [-0.15, -0.1) is 5.10 Å². The SMILES string of the molecule is O=S(=O)(c1cccc(Cl)c1)N1CCC(Oc2cccnn2)CC1. The third-order valence-electron chi connectivity index (χ3n) is 3.67. The molecule has 0 saturated carbocycles. The topological polar surface area (TPSA) is 72.4 Å². The average molecular weight is 354 g/mol. The van der Waals surface area contributed by atoms with Crippen molar-refractivity contribution in [3.05, 3.63) is 47.6 Å². The van der Waals surface area contributed by atoms with Gasteiger partial charge >= 0.3 is 0 Å². The van der Waals surface area contributed by atoms with E-state index in [1.165, 1.54) is 10.4 Å². The molecule has 0 bridgehead atoms. The number of hydrogen-bond donors (Lipinski definition) is 0. The number of halogens is 1. The van der Waals surface area contributed by atoms with Crippen LogP contribution >= 0.6 is 11.6 Å². The summed E-state index contributed by atoms with van der Waals surface area (Å²) in [6.07, 6.45) is 2.73. The molecular weight excluding hydrogens is 338 g/mol. The van der Waals surface area contributed by atoms with E-state index in [1.807, 2.05) is 0 Å². The van der Waals surface area contributed by atoms with Crippen molar-refractivity contribution in [2.24, 2.45) is 0 Å². The molecule has 0 radical (unpaired) electrons. The van der Waals surface area contributed by atoms with Crippen molar-refractivity contribution in [3.8, 4) is 5.88 Å². The van der Waals surface area contributed by atoms with E-state index in [9.17, 15) is 8.42 Å². The van der Waals surface area contributed by atoms with Crippen molar-refractivity contribution in [1.29, 1.82) is 0 Å². The van der Waals surface area contributed by atoms with Crippen LogP contribution in [0.4, 0.5) is 0 Å². The van der Waals surface area contributed by atoms with Gasteiger partial charge in [0.1, 0.15) is 6.10 Å². The number of hydrogen-bond acceptors (Lipinski definition) is 5. The first-order valence-electron chi connectivity index (χ1n) is 7.26. The predicted octanol–water partition coefficient (Wildman–Crippen LogP) is 2.36. The van der Waals surface area contributed by atoms with Crippen LogP contribution in [0.2, 0.25) is 5.02 Å². The van der Waals surface area contributed by atoms with E-state index in [4.69, 9.17) is 16.3 Å². The van der Waals surface area contributed by atoms with Gasteiger partial charge < -0.3 is 4.74 Å². The monoisotopic (exact) mass is 353 g/mol. The number of sulfonamides is 1. The summed E-state index contributed by atoms with van der Waals surface area (Å²) in [4.78, 5) is 0.221. The summed E-state index contributed by atoms with van der Waals surface area (Å²) in [5.41, 5.74) is 0. The number of ether oxygens (including phenoxy) is 1. The van der Waals surface area contributed by atoms with Crippen LogP contribution in [0.25, 0.3) is 0 Å². The van der Waals surface area contributed by atoms with Gasteiger partial charge in [0, 0.05) is 30.4 Å². The maximum atomic E-state index is 12.6. The molecule has 1 aliphatic rings. The van der Waals surface area contributed by atoms with E-state index in [0.717, 1.165) is 0 Å². The highest BCUT2D eigenvalue weighted by Crippen LogP contribution is 2.24. The molecule has 1 saturated heterocycles. The van der Waals surface area contributed by atoms with E-state index in [-0.39, 0.29) is 11.0 Å². The second-order valence-electron chi connectivity index (χ2n) is 5.24. The van der Waals surface area contributed by atoms with Gasteiger partial charge in [-0.1, -0.05) is 17.7 Å². The highest BCUT2D eigenvalue weighted by atomic mass is 35.5. The molecule has 0 unspecified atom stereocenters. The minimum absolute atomic E-state index is 0.0579. The van der Waals surface area contributed by atoms with Gasteiger partial charge in [-0.3, -0.25) is 0 Å². The maximum Gasteiger partial charge on any atom is 0.243 e. The Morgan fingerprint density at radius 2 is 1.96 bits per heavy atom. The fraction of sp³-hybridized carbons (Fsp3) is 0.333. The molecule has 0 spiro atoms. The number of piperidine rings is 1. The lowest BCUT2D eigenvalue weighted by molar-refractivity contribution is 0.128. The number of rotatable bonds is 4. The van der Waals surface area contributed by atoms with Crippen LogP contribution in [0.1, 0.15) is 12.8 Å². The first kappa shape index (κ1) is 16.2. The van der Waals surface area contributed by atoms with Gasteiger partial charge in [0.25, 0.3) is 0 Å². The summed E-state index contributed by atoms with van der Waals surface area (Å²) in [5, 5.41) is 8.05. The van der Waals surface area contributed by atoms with Crippen LogP contribution in [-0.2, 0) is 10.0 Å². The molecule has 3 rings (SSSR count). The van der Waals surface area contributed by atoms with Crippen molar-refractivity contribution >= 4 is 21.6 Å². The van der Waals surface area contributed by atoms with E-state index < -0.39 is 10.0 Å². The van der Waals surface area contributed by atoms with Crippen molar-refractivity contribution in [3.63, 3.8) is 0 Å². The molecule has 122 valence electrons. The fourth-order valence-electron chi connectivity index (χ4n) is 2.49. The average Bonchev–Trinajstić information content (AvgIpc) is 2.56. The zero-order valence-corrected chi connectivity index (χ0v) is 13.9. The zero-order valence-electron chi connectivity index (χ0n) is 12.3. The molecule has 2 heterocycles. The van der Waals surface area contributed by atoms with Gasteiger partial charge in [0.15, 0.2) is 0 Å². The first-order valence-corrected chi connectivity index (χ1v) is 9.07. The molecule has 1 aromatic carbocycles. The Hall–Kier alpha value is -1.70. The van der Waals surface area contributed by atoms with Crippen molar-refractivity contribution in [2.45, 2.75) is 23.8 Å². The van der Waals surface area contributed by atoms with Crippen molar-refractivity contribution < 1.29 is 13.2 Å². The maximum absolute atomic E-state index is 12.6. The summed E-state index contributed by atoms with van der Waals surface area (Å²) in [6.45, 7) is 0.805. The van der Waals surface area contributed by atoms with Gasteiger partial charge in [-0.2, -0.15) is 9.40 Å². The Labute approximate surface area is 140 Å². The molecule has 0 amide bonds. The Bertz CT molecular complexity index is 763. The molecular formula is C15H16ClN3O3S. The van der Waals surface area contributed by atoms with Crippen LogP contribution in [0.5, 0.6) is 5.88 Å². The van der Waals surface area contributed by atoms with E-state index >= 15 is 0 Å². The lowest BCUT2D eigenvalue weighted by Crippen LogP contribution is -2.41. The third kappa shape index (κ3) is 3.80. The van der Waals surface area contributed by atoms with Gasteiger partial charge in [0.2, 0.25) is 15.9 Å². The summed E-state index contributed by atoms with van der Waals surface area (Å²) in [6, 6.07) is 9.81.